The van der Waals surface area contributed by atoms with E-state index in [9.17, 15) is 13.2 Å². The van der Waals surface area contributed by atoms with E-state index in [2.05, 4.69) is 0 Å². The van der Waals surface area contributed by atoms with E-state index in [1.165, 1.54) is 25.3 Å². The second kappa shape index (κ2) is 6.19. The number of aldehydes is 1. The van der Waals surface area contributed by atoms with Crippen molar-refractivity contribution in [3.05, 3.63) is 53.1 Å². The first-order valence-electron chi connectivity index (χ1n) is 6.52. The number of ether oxygens (including phenoxy) is 1. The predicted octanol–water partition coefficient (Wildman–Crippen LogP) is 2.89. The smallest absolute Gasteiger partial charge is 0.339 e. The quantitative estimate of drug-likeness (QED) is 0.626. The Morgan fingerprint density at radius 2 is 1.68 bits per heavy atom. The van der Waals surface area contributed by atoms with Crippen LogP contribution in [0.15, 0.2) is 41.3 Å². The highest BCUT2D eigenvalue weighted by molar-refractivity contribution is 7.87. The molecule has 0 heterocycles. The van der Waals surface area contributed by atoms with E-state index in [0.29, 0.717) is 17.4 Å². The van der Waals surface area contributed by atoms with E-state index < -0.39 is 10.1 Å². The van der Waals surface area contributed by atoms with Gasteiger partial charge in [-0.15, -0.1) is 0 Å². The largest absolute Gasteiger partial charge is 0.493 e. The van der Waals surface area contributed by atoms with Gasteiger partial charge in [0.1, 0.15) is 11.2 Å². The molecule has 116 valence electrons. The summed E-state index contributed by atoms with van der Waals surface area (Å²) in [4.78, 5) is 11.0. The second-order valence-electron chi connectivity index (χ2n) is 4.84. The molecular weight excluding hydrogens is 304 g/mol. The SMILES string of the molecule is COc1c(C)cc(C=O)cc1OS(=O)(=O)c1ccc(C)cc1. The van der Waals surface area contributed by atoms with Crippen molar-refractivity contribution in [3.63, 3.8) is 0 Å². The van der Waals surface area contributed by atoms with E-state index in [4.69, 9.17) is 8.92 Å². The van der Waals surface area contributed by atoms with Crippen LogP contribution < -0.4 is 8.92 Å². The molecule has 0 saturated carbocycles. The van der Waals surface area contributed by atoms with Crippen molar-refractivity contribution in [3.8, 4) is 11.5 Å². The van der Waals surface area contributed by atoms with Gasteiger partial charge in [0.2, 0.25) is 0 Å². The van der Waals surface area contributed by atoms with Gasteiger partial charge in [0.25, 0.3) is 0 Å². The molecule has 0 saturated heterocycles. The summed E-state index contributed by atoms with van der Waals surface area (Å²) in [5.74, 6) is 0.270. The lowest BCUT2D eigenvalue weighted by Crippen LogP contribution is -2.11. The first kappa shape index (κ1) is 16.0. The summed E-state index contributed by atoms with van der Waals surface area (Å²) < 4.78 is 35.0. The van der Waals surface area contributed by atoms with E-state index in [1.807, 2.05) is 6.92 Å². The molecule has 0 aromatic heterocycles. The van der Waals surface area contributed by atoms with E-state index >= 15 is 0 Å². The Morgan fingerprint density at radius 1 is 1.05 bits per heavy atom. The minimum absolute atomic E-state index is 0.00910. The Balaban J connectivity index is 2.47. The van der Waals surface area contributed by atoms with E-state index in [0.717, 1.165) is 5.56 Å². The van der Waals surface area contributed by atoms with Crippen LogP contribution in [0.25, 0.3) is 0 Å². The van der Waals surface area contributed by atoms with Crippen LogP contribution in [-0.4, -0.2) is 21.8 Å². The minimum atomic E-state index is -4.00. The fraction of sp³-hybridized carbons (Fsp3) is 0.188. The standard InChI is InChI=1S/C16H16O5S/c1-11-4-6-14(7-5-11)22(18,19)21-15-9-13(10-17)8-12(2)16(15)20-3/h4-10H,1-3H3. The fourth-order valence-electron chi connectivity index (χ4n) is 2.03. The summed E-state index contributed by atoms with van der Waals surface area (Å²) >= 11 is 0. The van der Waals surface area contributed by atoms with Crippen LogP contribution >= 0.6 is 0 Å². The van der Waals surface area contributed by atoms with Crippen molar-refractivity contribution in [2.24, 2.45) is 0 Å². The molecule has 5 nitrogen and oxygen atoms in total. The van der Waals surface area contributed by atoms with Crippen molar-refractivity contribution in [1.82, 2.24) is 0 Å². The highest BCUT2D eigenvalue weighted by Gasteiger charge is 2.20. The molecule has 0 spiro atoms. The monoisotopic (exact) mass is 320 g/mol. The molecule has 0 atom stereocenters. The number of aryl methyl sites for hydroxylation is 2. The zero-order valence-electron chi connectivity index (χ0n) is 12.5. The molecule has 0 N–H and O–H groups in total. The Morgan fingerprint density at radius 3 is 2.23 bits per heavy atom. The molecular formula is C16H16O5S. The zero-order chi connectivity index (χ0) is 16.3. The average Bonchev–Trinajstić information content (AvgIpc) is 2.47. The van der Waals surface area contributed by atoms with Crippen LogP contribution in [0, 0.1) is 13.8 Å². The molecule has 0 aliphatic rings. The van der Waals surface area contributed by atoms with Gasteiger partial charge in [-0.1, -0.05) is 17.7 Å². The number of hydrogen-bond acceptors (Lipinski definition) is 5. The summed E-state index contributed by atoms with van der Waals surface area (Å²) in [5.41, 5.74) is 1.86. The van der Waals surface area contributed by atoms with Crippen molar-refractivity contribution in [2.75, 3.05) is 7.11 Å². The fourth-order valence-corrected chi connectivity index (χ4v) is 2.96. The van der Waals surface area contributed by atoms with Gasteiger partial charge in [-0.05, 0) is 43.7 Å². The van der Waals surface area contributed by atoms with Gasteiger partial charge in [0.15, 0.2) is 11.5 Å². The normalized spacial score (nSPS) is 11.0. The van der Waals surface area contributed by atoms with Crippen molar-refractivity contribution < 1.29 is 22.1 Å². The number of rotatable bonds is 5. The van der Waals surface area contributed by atoms with Gasteiger partial charge in [-0.3, -0.25) is 4.79 Å². The molecule has 0 bridgehead atoms. The maximum atomic E-state index is 12.3. The van der Waals surface area contributed by atoms with Gasteiger partial charge in [0, 0.05) is 5.56 Å². The molecule has 6 heteroatoms. The Hall–Kier alpha value is -2.34. The van der Waals surface area contributed by atoms with Crippen LogP contribution in [0.4, 0.5) is 0 Å². The number of carbonyl (C=O) groups is 1. The summed E-state index contributed by atoms with van der Waals surface area (Å²) in [7, 11) is -2.59. The summed E-state index contributed by atoms with van der Waals surface area (Å²) in [6, 6.07) is 9.23. The van der Waals surface area contributed by atoms with Gasteiger partial charge < -0.3 is 8.92 Å². The Labute approximate surface area is 129 Å². The zero-order valence-corrected chi connectivity index (χ0v) is 13.3. The van der Waals surface area contributed by atoms with Crippen molar-refractivity contribution in [1.29, 1.82) is 0 Å². The van der Waals surface area contributed by atoms with Crippen molar-refractivity contribution >= 4 is 16.4 Å². The van der Waals surface area contributed by atoms with Gasteiger partial charge in [0.05, 0.1) is 7.11 Å². The number of carbonyl (C=O) groups excluding carboxylic acids is 1. The van der Waals surface area contributed by atoms with Crippen LogP contribution in [0.1, 0.15) is 21.5 Å². The van der Waals surface area contributed by atoms with E-state index in [-0.39, 0.29) is 16.4 Å². The lowest BCUT2D eigenvalue weighted by Gasteiger charge is -2.13. The first-order chi connectivity index (χ1) is 10.4. The maximum Gasteiger partial charge on any atom is 0.339 e. The third-order valence-corrected chi connectivity index (χ3v) is 4.36. The lowest BCUT2D eigenvalue weighted by molar-refractivity contribution is 0.112. The van der Waals surface area contributed by atoms with Crippen LogP contribution in [-0.2, 0) is 10.1 Å². The molecule has 2 aromatic carbocycles. The molecule has 0 aliphatic carbocycles. The third-order valence-electron chi connectivity index (χ3n) is 3.11. The highest BCUT2D eigenvalue weighted by Crippen LogP contribution is 2.34. The first-order valence-corrected chi connectivity index (χ1v) is 7.93. The second-order valence-corrected chi connectivity index (χ2v) is 6.38. The molecule has 2 rings (SSSR count). The lowest BCUT2D eigenvalue weighted by atomic mass is 10.1. The molecule has 0 amide bonds. The van der Waals surface area contributed by atoms with Crippen LogP contribution in [0.3, 0.4) is 0 Å². The predicted molar refractivity (Wildman–Crippen MR) is 82.1 cm³/mol. The van der Waals surface area contributed by atoms with Gasteiger partial charge in [-0.2, -0.15) is 8.42 Å². The van der Waals surface area contributed by atoms with Crippen LogP contribution in [0.2, 0.25) is 0 Å². The third kappa shape index (κ3) is 3.28. The minimum Gasteiger partial charge on any atom is -0.493 e. The Bertz CT molecular complexity index is 792. The maximum absolute atomic E-state index is 12.3. The van der Waals surface area contributed by atoms with Gasteiger partial charge >= 0.3 is 10.1 Å². The molecule has 0 aliphatic heterocycles. The highest BCUT2D eigenvalue weighted by atomic mass is 32.2. The molecule has 22 heavy (non-hydrogen) atoms. The molecule has 2 aromatic rings. The Kier molecular flexibility index (Phi) is 4.51. The molecule has 0 fully saturated rings. The number of benzene rings is 2. The average molecular weight is 320 g/mol. The molecule has 0 unspecified atom stereocenters. The number of methoxy groups -OCH3 is 1. The van der Waals surface area contributed by atoms with E-state index in [1.54, 1.807) is 25.1 Å². The van der Waals surface area contributed by atoms with Crippen LogP contribution in [0.5, 0.6) is 11.5 Å². The summed E-state index contributed by atoms with van der Waals surface area (Å²) in [6.45, 7) is 3.56. The van der Waals surface area contributed by atoms with Gasteiger partial charge in [-0.25, -0.2) is 0 Å². The summed E-state index contributed by atoms with van der Waals surface area (Å²) in [6.07, 6.45) is 0.623. The molecule has 0 radical (unpaired) electrons. The van der Waals surface area contributed by atoms with Crippen molar-refractivity contribution in [2.45, 2.75) is 18.7 Å². The number of hydrogen-bond donors (Lipinski definition) is 0. The topological polar surface area (TPSA) is 69.7 Å². The summed E-state index contributed by atoms with van der Waals surface area (Å²) in [5, 5.41) is 0.